The summed E-state index contributed by atoms with van der Waals surface area (Å²) >= 11 is 0. The Labute approximate surface area is 223 Å². The zero-order valence-electron chi connectivity index (χ0n) is 22.5. The first kappa shape index (κ1) is 27.6. The second kappa shape index (κ2) is 13.9. The standard InChI is InChI=1S/C34H43F2N/c1-2-3-4-5-25-6-8-26(9-7-25)10-11-27-12-14-28(15-13-27)16-17-29-18-20-30(21-19-29)31-22-33(35)32(24-37)34(36)23-31/h2-3,12-15,22-23,25-26,29-30H,4-11,16-21H2,1H3/b3-2+. The molecule has 2 aliphatic carbocycles. The Morgan fingerprint density at radius 2 is 1.22 bits per heavy atom. The van der Waals surface area contributed by atoms with E-state index in [0.717, 1.165) is 43.9 Å². The Hall–Kier alpha value is -2.47. The lowest BCUT2D eigenvalue weighted by Crippen LogP contribution is -2.15. The third-order valence-electron chi connectivity index (χ3n) is 9.14. The monoisotopic (exact) mass is 503 g/mol. The van der Waals surface area contributed by atoms with Crippen molar-refractivity contribution in [1.29, 1.82) is 5.26 Å². The number of rotatable bonds is 10. The molecule has 0 aromatic heterocycles. The van der Waals surface area contributed by atoms with Gasteiger partial charge in [-0.2, -0.15) is 5.26 Å². The summed E-state index contributed by atoms with van der Waals surface area (Å²) in [5.74, 6) is 1.27. The molecule has 0 heterocycles. The van der Waals surface area contributed by atoms with Gasteiger partial charge in [-0.25, -0.2) is 8.78 Å². The normalized spacial score (nSPS) is 24.3. The van der Waals surface area contributed by atoms with Gasteiger partial charge in [0.05, 0.1) is 0 Å². The minimum Gasteiger partial charge on any atom is -0.205 e. The van der Waals surface area contributed by atoms with E-state index in [-0.39, 0.29) is 5.92 Å². The van der Waals surface area contributed by atoms with Crippen molar-refractivity contribution >= 4 is 0 Å². The average Bonchev–Trinajstić information content (AvgIpc) is 2.92. The van der Waals surface area contributed by atoms with Crippen LogP contribution in [-0.4, -0.2) is 0 Å². The van der Waals surface area contributed by atoms with Crippen molar-refractivity contribution in [1.82, 2.24) is 0 Å². The van der Waals surface area contributed by atoms with Crippen LogP contribution in [0.2, 0.25) is 0 Å². The SMILES string of the molecule is C/C=C/CCC1CCC(CCc2ccc(CCC3CCC(c4cc(F)c(C#N)c(F)c4)CC3)cc2)CC1. The van der Waals surface area contributed by atoms with Gasteiger partial charge in [0.25, 0.3) is 0 Å². The van der Waals surface area contributed by atoms with Crippen LogP contribution in [0.3, 0.4) is 0 Å². The van der Waals surface area contributed by atoms with Gasteiger partial charge in [-0.3, -0.25) is 0 Å². The molecule has 1 nitrogen and oxygen atoms in total. The van der Waals surface area contributed by atoms with Crippen LogP contribution in [-0.2, 0) is 12.8 Å². The number of hydrogen-bond donors (Lipinski definition) is 0. The summed E-state index contributed by atoms with van der Waals surface area (Å²) in [6.45, 7) is 2.12. The predicted octanol–water partition coefficient (Wildman–Crippen LogP) is 9.84. The molecule has 37 heavy (non-hydrogen) atoms. The average molecular weight is 504 g/mol. The fourth-order valence-corrected chi connectivity index (χ4v) is 6.64. The summed E-state index contributed by atoms with van der Waals surface area (Å²) in [6, 6.07) is 13.7. The van der Waals surface area contributed by atoms with Crippen molar-refractivity contribution in [2.75, 3.05) is 0 Å². The summed E-state index contributed by atoms with van der Waals surface area (Å²) in [4.78, 5) is 0. The van der Waals surface area contributed by atoms with E-state index >= 15 is 0 Å². The fourth-order valence-electron chi connectivity index (χ4n) is 6.64. The van der Waals surface area contributed by atoms with Crippen LogP contribution in [0, 0.1) is 40.7 Å². The van der Waals surface area contributed by atoms with Crippen molar-refractivity contribution in [2.45, 2.75) is 103 Å². The Balaban J connectivity index is 1.14. The Kier molecular flexibility index (Phi) is 10.4. The molecule has 0 N–H and O–H groups in total. The second-order valence-corrected chi connectivity index (χ2v) is 11.6. The number of nitriles is 1. The van der Waals surface area contributed by atoms with Crippen LogP contribution in [0.4, 0.5) is 8.78 Å². The van der Waals surface area contributed by atoms with Gasteiger partial charge in [-0.1, -0.05) is 62.1 Å². The molecule has 2 aliphatic rings. The highest BCUT2D eigenvalue weighted by Crippen LogP contribution is 2.38. The van der Waals surface area contributed by atoms with Crippen molar-refractivity contribution in [3.63, 3.8) is 0 Å². The van der Waals surface area contributed by atoms with Crippen LogP contribution in [0.25, 0.3) is 0 Å². The molecular weight excluding hydrogens is 460 g/mol. The van der Waals surface area contributed by atoms with Crippen LogP contribution in [0.1, 0.15) is 112 Å². The molecule has 0 bridgehead atoms. The van der Waals surface area contributed by atoms with E-state index in [0.29, 0.717) is 11.5 Å². The van der Waals surface area contributed by atoms with E-state index in [9.17, 15) is 8.78 Å². The molecule has 198 valence electrons. The number of halogens is 2. The summed E-state index contributed by atoms with van der Waals surface area (Å²) < 4.78 is 28.0. The van der Waals surface area contributed by atoms with Gasteiger partial charge < -0.3 is 0 Å². The zero-order chi connectivity index (χ0) is 26.0. The molecule has 0 spiro atoms. The number of benzene rings is 2. The molecule has 4 rings (SSSR count). The Morgan fingerprint density at radius 3 is 1.68 bits per heavy atom. The molecule has 2 aromatic rings. The predicted molar refractivity (Wildman–Crippen MR) is 148 cm³/mol. The van der Waals surface area contributed by atoms with Gasteiger partial charge >= 0.3 is 0 Å². The van der Waals surface area contributed by atoms with Crippen molar-refractivity contribution in [2.24, 2.45) is 17.8 Å². The zero-order valence-corrected chi connectivity index (χ0v) is 22.5. The lowest BCUT2D eigenvalue weighted by molar-refractivity contribution is 0.254. The molecule has 2 fully saturated rings. The topological polar surface area (TPSA) is 23.8 Å². The van der Waals surface area contributed by atoms with Crippen molar-refractivity contribution < 1.29 is 8.78 Å². The van der Waals surface area contributed by atoms with Crippen LogP contribution < -0.4 is 0 Å². The highest BCUT2D eigenvalue weighted by molar-refractivity contribution is 5.36. The van der Waals surface area contributed by atoms with E-state index in [1.54, 1.807) is 6.07 Å². The maximum Gasteiger partial charge on any atom is 0.144 e. The minimum absolute atomic E-state index is 0.195. The molecule has 0 radical (unpaired) electrons. The second-order valence-electron chi connectivity index (χ2n) is 11.6. The van der Waals surface area contributed by atoms with Crippen molar-refractivity contribution in [3.8, 4) is 6.07 Å². The molecule has 2 saturated carbocycles. The van der Waals surface area contributed by atoms with E-state index in [4.69, 9.17) is 5.26 Å². The molecule has 0 unspecified atom stereocenters. The summed E-state index contributed by atoms with van der Waals surface area (Å²) in [7, 11) is 0. The van der Waals surface area contributed by atoms with Gasteiger partial charge in [-0.15, -0.1) is 0 Å². The van der Waals surface area contributed by atoms with E-state index in [2.05, 4.69) is 43.3 Å². The van der Waals surface area contributed by atoms with Gasteiger partial charge in [0, 0.05) is 0 Å². The lowest BCUT2D eigenvalue weighted by atomic mass is 9.76. The van der Waals surface area contributed by atoms with E-state index < -0.39 is 17.2 Å². The van der Waals surface area contributed by atoms with E-state index in [1.807, 2.05) is 0 Å². The summed E-state index contributed by atoms with van der Waals surface area (Å²) in [5, 5.41) is 8.89. The highest BCUT2D eigenvalue weighted by Gasteiger charge is 2.24. The van der Waals surface area contributed by atoms with E-state index in [1.165, 1.54) is 81.0 Å². The largest absolute Gasteiger partial charge is 0.205 e. The van der Waals surface area contributed by atoms with Gasteiger partial charge in [0.1, 0.15) is 23.3 Å². The summed E-state index contributed by atoms with van der Waals surface area (Å²) in [6.07, 6.45) is 21.7. The third kappa shape index (κ3) is 8.00. The smallest absolute Gasteiger partial charge is 0.144 e. The van der Waals surface area contributed by atoms with Crippen molar-refractivity contribution in [3.05, 3.63) is 82.4 Å². The molecule has 0 atom stereocenters. The Morgan fingerprint density at radius 1 is 0.757 bits per heavy atom. The number of aryl methyl sites for hydroxylation is 2. The number of allylic oxidation sites excluding steroid dienone is 2. The van der Waals surface area contributed by atoms with Gasteiger partial charge in [0.2, 0.25) is 0 Å². The van der Waals surface area contributed by atoms with Crippen LogP contribution >= 0.6 is 0 Å². The first-order valence-electron chi connectivity index (χ1n) is 14.6. The third-order valence-corrected chi connectivity index (χ3v) is 9.14. The lowest BCUT2D eigenvalue weighted by Gasteiger charge is -2.29. The highest BCUT2D eigenvalue weighted by atomic mass is 19.1. The maximum atomic E-state index is 14.0. The minimum atomic E-state index is -0.730. The van der Waals surface area contributed by atoms with Gasteiger partial charge in [-0.05, 0) is 124 Å². The number of nitrogens with zero attached hydrogens (tertiary/aromatic N) is 1. The molecule has 0 saturated heterocycles. The number of hydrogen-bond acceptors (Lipinski definition) is 1. The van der Waals surface area contributed by atoms with Gasteiger partial charge in [0.15, 0.2) is 0 Å². The quantitative estimate of drug-likeness (QED) is 0.296. The first-order valence-corrected chi connectivity index (χ1v) is 14.6. The maximum absolute atomic E-state index is 14.0. The molecule has 2 aromatic carbocycles. The summed E-state index contributed by atoms with van der Waals surface area (Å²) in [5.41, 5.74) is 3.13. The molecule has 0 aliphatic heterocycles. The fraction of sp³-hybridized carbons (Fsp3) is 0.559. The van der Waals surface area contributed by atoms with Crippen LogP contribution in [0.15, 0.2) is 48.6 Å². The van der Waals surface area contributed by atoms with Crippen LogP contribution in [0.5, 0.6) is 0 Å². The molecular formula is C34H43F2N. The molecule has 0 amide bonds. The Bertz CT molecular complexity index is 1030. The first-order chi connectivity index (χ1) is 18.1. The molecule has 3 heteroatoms.